The highest BCUT2D eigenvalue weighted by molar-refractivity contribution is 7.92. The van der Waals surface area contributed by atoms with Crippen LogP contribution in [0.3, 0.4) is 0 Å². The average molecular weight is 149 g/mol. The van der Waals surface area contributed by atoms with Gasteiger partial charge in [0.1, 0.15) is 0 Å². The molecule has 0 aliphatic carbocycles. The Morgan fingerprint density at radius 2 is 2.22 bits per heavy atom. The highest BCUT2D eigenvalue weighted by atomic mass is 32.2. The van der Waals surface area contributed by atoms with E-state index in [1.165, 1.54) is 0 Å². The van der Waals surface area contributed by atoms with Crippen molar-refractivity contribution in [2.75, 3.05) is 12.3 Å². The zero-order valence-corrected chi connectivity index (χ0v) is 6.02. The fourth-order valence-electron chi connectivity index (χ4n) is 1.12. The summed E-state index contributed by atoms with van der Waals surface area (Å²) < 4.78 is 21.8. The maximum absolute atomic E-state index is 10.9. The summed E-state index contributed by atoms with van der Waals surface area (Å²) in [4.78, 5) is 0. The minimum atomic E-state index is -2.76. The molecule has 1 rings (SSSR count). The van der Waals surface area contributed by atoms with Crippen molar-refractivity contribution in [3.05, 3.63) is 0 Å². The van der Waals surface area contributed by atoms with Crippen LogP contribution in [0.2, 0.25) is 0 Å². The van der Waals surface area contributed by atoms with Gasteiger partial charge in [0.25, 0.3) is 0 Å². The molecule has 1 heterocycles. The standard InChI is InChI=1S/C5H11NO2S/c6-4-5-2-1-3-9(5,7)8/h5H,1-4,6H2/t5-/m1/s1. The Labute approximate surface area is 55.2 Å². The van der Waals surface area contributed by atoms with Crippen LogP contribution in [0.1, 0.15) is 12.8 Å². The van der Waals surface area contributed by atoms with E-state index >= 15 is 0 Å². The van der Waals surface area contributed by atoms with Crippen LogP contribution in [-0.2, 0) is 9.84 Å². The molecule has 4 heteroatoms. The van der Waals surface area contributed by atoms with Gasteiger partial charge in [-0.25, -0.2) is 8.42 Å². The van der Waals surface area contributed by atoms with E-state index in [9.17, 15) is 8.42 Å². The van der Waals surface area contributed by atoms with Crippen LogP contribution in [-0.4, -0.2) is 26.0 Å². The van der Waals surface area contributed by atoms with Gasteiger partial charge in [-0.3, -0.25) is 0 Å². The van der Waals surface area contributed by atoms with E-state index in [0.717, 1.165) is 12.8 Å². The van der Waals surface area contributed by atoms with Crippen molar-refractivity contribution >= 4 is 9.84 Å². The largest absolute Gasteiger partial charge is 0.329 e. The Kier molecular flexibility index (Phi) is 1.77. The van der Waals surface area contributed by atoms with Crippen LogP contribution >= 0.6 is 0 Å². The predicted molar refractivity (Wildman–Crippen MR) is 35.9 cm³/mol. The maximum atomic E-state index is 10.9. The van der Waals surface area contributed by atoms with Crippen molar-refractivity contribution < 1.29 is 8.42 Å². The van der Waals surface area contributed by atoms with Gasteiger partial charge in [-0.15, -0.1) is 0 Å². The van der Waals surface area contributed by atoms with E-state index in [4.69, 9.17) is 5.73 Å². The number of hydrogen-bond donors (Lipinski definition) is 1. The average Bonchev–Trinajstić information content (AvgIpc) is 2.08. The lowest BCUT2D eigenvalue weighted by molar-refractivity contribution is 0.590. The molecule has 0 spiro atoms. The van der Waals surface area contributed by atoms with Gasteiger partial charge in [0.2, 0.25) is 0 Å². The second kappa shape index (κ2) is 2.27. The molecule has 1 saturated heterocycles. The summed E-state index contributed by atoms with van der Waals surface area (Å²) in [6.45, 7) is 0.294. The Morgan fingerprint density at radius 3 is 2.44 bits per heavy atom. The van der Waals surface area contributed by atoms with Crippen LogP contribution < -0.4 is 5.73 Å². The quantitative estimate of drug-likeness (QED) is 0.548. The lowest BCUT2D eigenvalue weighted by atomic mass is 10.2. The van der Waals surface area contributed by atoms with Gasteiger partial charge in [0, 0.05) is 6.54 Å². The molecule has 9 heavy (non-hydrogen) atoms. The van der Waals surface area contributed by atoms with Crippen LogP contribution in [0.4, 0.5) is 0 Å². The fourth-order valence-corrected chi connectivity index (χ4v) is 2.84. The highest BCUT2D eigenvalue weighted by Crippen LogP contribution is 2.18. The first kappa shape index (κ1) is 7.02. The van der Waals surface area contributed by atoms with Crippen molar-refractivity contribution in [2.45, 2.75) is 18.1 Å². The summed E-state index contributed by atoms with van der Waals surface area (Å²) in [5.74, 6) is 0.342. The minimum absolute atomic E-state index is 0.238. The first-order valence-corrected chi connectivity index (χ1v) is 4.80. The molecule has 1 aliphatic rings. The second-order valence-electron chi connectivity index (χ2n) is 2.37. The highest BCUT2D eigenvalue weighted by Gasteiger charge is 2.29. The van der Waals surface area contributed by atoms with Crippen LogP contribution in [0.15, 0.2) is 0 Å². The zero-order valence-electron chi connectivity index (χ0n) is 5.21. The third-order valence-electron chi connectivity index (χ3n) is 1.73. The van der Waals surface area contributed by atoms with Crippen molar-refractivity contribution in [1.29, 1.82) is 0 Å². The molecule has 0 aromatic heterocycles. The zero-order chi connectivity index (χ0) is 6.91. The Bertz CT molecular complexity index is 185. The summed E-state index contributed by atoms with van der Waals surface area (Å²) in [7, 11) is -2.76. The van der Waals surface area contributed by atoms with Crippen LogP contribution in [0, 0.1) is 0 Å². The molecule has 0 amide bonds. The van der Waals surface area contributed by atoms with Crippen LogP contribution in [0.25, 0.3) is 0 Å². The Hall–Kier alpha value is -0.0900. The topological polar surface area (TPSA) is 60.2 Å². The number of hydrogen-bond acceptors (Lipinski definition) is 3. The van der Waals surface area contributed by atoms with Crippen molar-refractivity contribution in [2.24, 2.45) is 5.73 Å². The molecule has 1 fully saturated rings. The molecule has 0 radical (unpaired) electrons. The van der Waals surface area contributed by atoms with Gasteiger partial charge < -0.3 is 5.73 Å². The Morgan fingerprint density at radius 1 is 1.56 bits per heavy atom. The van der Waals surface area contributed by atoms with Gasteiger partial charge in [-0.2, -0.15) is 0 Å². The van der Waals surface area contributed by atoms with E-state index in [0.29, 0.717) is 12.3 Å². The van der Waals surface area contributed by atoms with Gasteiger partial charge in [-0.05, 0) is 12.8 Å². The smallest absolute Gasteiger partial charge is 0.154 e. The third-order valence-corrected chi connectivity index (χ3v) is 4.03. The number of nitrogens with two attached hydrogens (primary N) is 1. The number of rotatable bonds is 1. The predicted octanol–water partition coefficient (Wildman–Crippen LogP) is -0.478. The first-order chi connectivity index (χ1) is 4.17. The number of sulfone groups is 1. The molecule has 0 aromatic rings. The fraction of sp³-hybridized carbons (Fsp3) is 1.00. The third kappa shape index (κ3) is 1.24. The summed E-state index contributed by atoms with van der Waals surface area (Å²) >= 11 is 0. The molecular weight excluding hydrogens is 138 g/mol. The molecule has 1 aliphatic heterocycles. The lowest BCUT2D eigenvalue weighted by Gasteiger charge is -2.02. The normalized spacial score (nSPS) is 32.8. The lowest BCUT2D eigenvalue weighted by Crippen LogP contribution is -2.25. The van der Waals surface area contributed by atoms with Gasteiger partial charge >= 0.3 is 0 Å². The van der Waals surface area contributed by atoms with Gasteiger partial charge in [0.05, 0.1) is 11.0 Å². The van der Waals surface area contributed by atoms with Crippen molar-refractivity contribution in [3.8, 4) is 0 Å². The minimum Gasteiger partial charge on any atom is -0.329 e. The van der Waals surface area contributed by atoms with Crippen LogP contribution in [0.5, 0.6) is 0 Å². The summed E-state index contributed by atoms with van der Waals surface area (Å²) in [6, 6.07) is 0. The first-order valence-electron chi connectivity index (χ1n) is 3.08. The van der Waals surface area contributed by atoms with Gasteiger partial charge in [0.15, 0.2) is 9.84 Å². The van der Waals surface area contributed by atoms with Gasteiger partial charge in [-0.1, -0.05) is 0 Å². The SMILES string of the molecule is NC[C@H]1CCCS1(=O)=O. The molecule has 0 aromatic carbocycles. The summed E-state index contributed by atoms with van der Waals surface area (Å²) in [6.07, 6.45) is 1.56. The van der Waals surface area contributed by atoms with E-state index in [2.05, 4.69) is 0 Å². The molecular formula is C5H11NO2S. The molecule has 3 nitrogen and oxygen atoms in total. The van der Waals surface area contributed by atoms with E-state index in [1.54, 1.807) is 0 Å². The second-order valence-corrected chi connectivity index (χ2v) is 4.77. The summed E-state index contributed by atoms with van der Waals surface area (Å²) in [5.41, 5.74) is 5.23. The molecule has 0 bridgehead atoms. The van der Waals surface area contributed by atoms with E-state index < -0.39 is 9.84 Å². The van der Waals surface area contributed by atoms with Crippen molar-refractivity contribution in [1.82, 2.24) is 0 Å². The van der Waals surface area contributed by atoms with Crippen molar-refractivity contribution in [3.63, 3.8) is 0 Å². The maximum Gasteiger partial charge on any atom is 0.154 e. The molecule has 1 atom stereocenters. The van der Waals surface area contributed by atoms with E-state index in [1.807, 2.05) is 0 Å². The molecule has 0 saturated carbocycles. The Balaban J connectivity index is 2.75. The molecule has 2 N–H and O–H groups in total. The molecule has 54 valence electrons. The molecule has 0 unspecified atom stereocenters. The monoisotopic (exact) mass is 149 g/mol. The van der Waals surface area contributed by atoms with E-state index in [-0.39, 0.29) is 5.25 Å². The summed E-state index contributed by atoms with van der Waals surface area (Å²) in [5, 5.41) is -0.238.